The smallest absolute Gasteiger partial charge is 0.137 e. The Morgan fingerprint density at radius 2 is 2.15 bits per heavy atom. The average molecular weight is 341 g/mol. The molecule has 0 spiro atoms. The lowest BCUT2D eigenvalue weighted by atomic mass is 9.84. The van der Waals surface area contributed by atoms with Crippen molar-refractivity contribution in [2.24, 2.45) is 11.8 Å². The van der Waals surface area contributed by atoms with Crippen molar-refractivity contribution >= 4 is 15.9 Å². The Labute approximate surface area is 128 Å². The summed E-state index contributed by atoms with van der Waals surface area (Å²) in [6.45, 7) is 10.3. The van der Waals surface area contributed by atoms with Gasteiger partial charge in [-0.3, -0.25) is 4.90 Å². The minimum atomic E-state index is -0.192. The maximum absolute atomic E-state index is 13.4. The highest BCUT2D eigenvalue weighted by Gasteiger charge is 2.50. The van der Waals surface area contributed by atoms with Gasteiger partial charge in [-0.1, -0.05) is 6.07 Å². The van der Waals surface area contributed by atoms with Crippen molar-refractivity contribution in [3.63, 3.8) is 0 Å². The molecule has 2 aliphatic heterocycles. The number of hydrogen-bond acceptors (Lipinski definition) is 2. The fraction of sp³-hybridized carbons (Fsp3) is 0.625. The standard InChI is InChI=1S/C16H22BrFN2/c1-10(11-4-5-15(18)14(17)6-11)20-9-12-7-19-8-13(12)16(20,2)3/h4-6,10,12-13,19H,7-9H2,1-3H3. The SMILES string of the molecule is CC(c1ccc(F)c(Br)c1)N1CC2CNCC2C1(C)C. The van der Waals surface area contributed by atoms with Crippen LogP contribution in [-0.2, 0) is 0 Å². The van der Waals surface area contributed by atoms with E-state index in [9.17, 15) is 4.39 Å². The summed E-state index contributed by atoms with van der Waals surface area (Å²) < 4.78 is 14.0. The van der Waals surface area contributed by atoms with Crippen molar-refractivity contribution in [3.05, 3.63) is 34.1 Å². The van der Waals surface area contributed by atoms with Crippen LogP contribution in [0.25, 0.3) is 0 Å². The molecule has 2 heterocycles. The monoisotopic (exact) mass is 340 g/mol. The van der Waals surface area contributed by atoms with Gasteiger partial charge in [0.1, 0.15) is 5.82 Å². The molecule has 2 fully saturated rings. The lowest BCUT2D eigenvalue weighted by Crippen LogP contribution is -2.45. The molecule has 1 N–H and O–H groups in total. The van der Waals surface area contributed by atoms with Gasteiger partial charge in [-0.15, -0.1) is 0 Å². The second-order valence-corrected chi connectivity index (χ2v) is 7.53. The number of likely N-dealkylation sites (tertiary alicyclic amines) is 1. The van der Waals surface area contributed by atoms with E-state index in [1.807, 2.05) is 12.1 Å². The fourth-order valence-corrected chi connectivity index (χ4v) is 4.46. The van der Waals surface area contributed by atoms with E-state index in [2.05, 4.69) is 46.9 Å². The number of nitrogens with one attached hydrogen (secondary N) is 1. The Morgan fingerprint density at radius 3 is 2.80 bits per heavy atom. The average Bonchev–Trinajstić information content (AvgIpc) is 2.95. The first-order valence-corrected chi connectivity index (χ1v) is 8.13. The summed E-state index contributed by atoms with van der Waals surface area (Å²) in [5.74, 6) is 1.27. The molecule has 0 aliphatic carbocycles. The van der Waals surface area contributed by atoms with Crippen molar-refractivity contribution < 1.29 is 4.39 Å². The Kier molecular flexibility index (Phi) is 3.68. The minimum absolute atomic E-state index is 0.189. The van der Waals surface area contributed by atoms with E-state index < -0.39 is 0 Å². The first-order valence-electron chi connectivity index (χ1n) is 7.33. The Morgan fingerprint density at radius 1 is 1.40 bits per heavy atom. The highest BCUT2D eigenvalue weighted by molar-refractivity contribution is 9.10. The topological polar surface area (TPSA) is 15.3 Å². The number of nitrogens with zero attached hydrogens (tertiary/aromatic N) is 1. The number of hydrogen-bond donors (Lipinski definition) is 1. The number of fused-ring (bicyclic) bond motifs is 1. The van der Waals surface area contributed by atoms with Gasteiger partial charge in [-0.2, -0.15) is 0 Å². The first kappa shape index (κ1) is 14.5. The van der Waals surface area contributed by atoms with Crippen LogP contribution in [0.5, 0.6) is 0 Å². The van der Waals surface area contributed by atoms with Crippen molar-refractivity contribution in [2.75, 3.05) is 19.6 Å². The molecule has 3 unspecified atom stereocenters. The molecule has 0 saturated carbocycles. The van der Waals surface area contributed by atoms with Crippen LogP contribution in [0.2, 0.25) is 0 Å². The zero-order chi connectivity index (χ0) is 14.5. The maximum Gasteiger partial charge on any atom is 0.137 e. The van der Waals surface area contributed by atoms with E-state index >= 15 is 0 Å². The molecule has 0 amide bonds. The van der Waals surface area contributed by atoms with Gasteiger partial charge in [0.05, 0.1) is 4.47 Å². The quantitative estimate of drug-likeness (QED) is 0.885. The molecule has 0 radical (unpaired) electrons. The zero-order valence-corrected chi connectivity index (χ0v) is 13.9. The summed E-state index contributed by atoms with van der Waals surface area (Å²) in [6.07, 6.45) is 0. The van der Waals surface area contributed by atoms with Crippen molar-refractivity contribution in [1.29, 1.82) is 0 Å². The van der Waals surface area contributed by atoms with E-state index in [1.54, 1.807) is 6.07 Å². The summed E-state index contributed by atoms with van der Waals surface area (Å²) in [4.78, 5) is 2.59. The lowest BCUT2D eigenvalue weighted by molar-refractivity contribution is 0.0970. The first-order chi connectivity index (χ1) is 9.41. The molecular formula is C16H22BrFN2. The Bertz CT molecular complexity index is 517. The van der Waals surface area contributed by atoms with E-state index in [4.69, 9.17) is 0 Å². The largest absolute Gasteiger partial charge is 0.316 e. The second-order valence-electron chi connectivity index (χ2n) is 6.68. The molecule has 2 aliphatic rings. The second kappa shape index (κ2) is 5.08. The molecule has 0 aromatic heterocycles. The van der Waals surface area contributed by atoms with Crippen LogP contribution in [0.3, 0.4) is 0 Å². The molecule has 1 aromatic carbocycles. The molecule has 4 heteroatoms. The van der Waals surface area contributed by atoms with Gasteiger partial charge in [0.2, 0.25) is 0 Å². The minimum Gasteiger partial charge on any atom is -0.316 e. The predicted molar refractivity (Wildman–Crippen MR) is 83.1 cm³/mol. The number of halogens is 2. The van der Waals surface area contributed by atoms with E-state index in [1.165, 1.54) is 5.56 Å². The van der Waals surface area contributed by atoms with Crippen LogP contribution < -0.4 is 5.32 Å². The van der Waals surface area contributed by atoms with Gasteiger partial charge in [-0.05, 0) is 72.8 Å². The summed E-state index contributed by atoms with van der Waals surface area (Å²) >= 11 is 3.30. The highest BCUT2D eigenvalue weighted by Crippen LogP contribution is 2.45. The lowest BCUT2D eigenvalue weighted by Gasteiger charge is -2.40. The normalized spacial score (nSPS) is 30.4. The van der Waals surface area contributed by atoms with Crippen LogP contribution in [0, 0.1) is 17.7 Å². The predicted octanol–water partition coefficient (Wildman–Crippen LogP) is 3.58. The van der Waals surface area contributed by atoms with Gasteiger partial charge < -0.3 is 5.32 Å². The molecule has 1 aromatic rings. The van der Waals surface area contributed by atoms with Crippen LogP contribution in [-0.4, -0.2) is 30.1 Å². The molecule has 0 bridgehead atoms. The molecule has 2 saturated heterocycles. The summed E-state index contributed by atoms with van der Waals surface area (Å²) in [5.41, 5.74) is 1.37. The van der Waals surface area contributed by atoms with Gasteiger partial charge in [-0.25, -0.2) is 4.39 Å². The third kappa shape index (κ3) is 2.22. The fourth-order valence-electron chi connectivity index (χ4n) is 4.06. The van der Waals surface area contributed by atoms with E-state index in [-0.39, 0.29) is 11.4 Å². The van der Waals surface area contributed by atoms with Crippen molar-refractivity contribution in [3.8, 4) is 0 Å². The van der Waals surface area contributed by atoms with Gasteiger partial charge in [0.25, 0.3) is 0 Å². The summed E-state index contributed by atoms with van der Waals surface area (Å²) in [5, 5.41) is 3.51. The van der Waals surface area contributed by atoms with E-state index in [0.717, 1.165) is 25.6 Å². The Balaban J connectivity index is 1.87. The number of benzene rings is 1. The summed E-state index contributed by atoms with van der Waals surface area (Å²) in [6, 6.07) is 5.70. The van der Waals surface area contributed by atoms with Crippen molar-refractivity contribution in [2.45, 2.75) is 32.4 Å². The Hall–Kier alpha value is -0.450. The van der Waals surface area contributed by atoms with Gasteiger partial charge >= 0.3 is 0 Å². The maximum atomic E-state index is 13.4. The molecular weight excluding hydrogens is 319 g/mol. The molecule has 3 atom stereocenters. The van der Waals surface area contributed by atoms with Gasteiger partial charge in [0, 0.05) is 24.7 Å². The highest BCUT2D eigenvalue weighted by atomic mass is 79.9. The van der Waals surface area contributed by atoms with E-state index in [0.29, 0.717) is 16.4 Å². The molecule has 3 rings (SSSR count). The molecule has 110 valence electrons. The molecule has 2 nitrogen and oxygen atoms in total. The van der Waals surface area contributed by atoms with Crippen LogP contribution in [0.15, 0.2) is 22.7 Å². The molecule has 20 heavy (non-hydrogen) atoms. The third-order valence-electron chi connectivity index (χ3n) is 5.31. The van der Waals surface area contributed by atoms with Crippen LogP contribution >= 0.6 is 15.9 Å². The third-order valence-corrected chi connectivity index (χ3v) is 5.92. The van der Waals surface area contributed by atoms with Crippen LogP contribution in [0.4, 0.5) is 4.39 Å². The van der Waals surface area contributed by atoms with Crippen LogP contribution in [0.1, 0.15) is 32.4 Å². The number of rotatable bonds is 2. The van der Waals surface area contributed by atoms with Gasteiger partial charge in [0.15, 0.2) is 0 Å². The zero-order valence-electron chi connectivity index (χ0n) is 12.3. The van der Waals surface area contributed by atoms with Crippen molar-refractivity contribution in [1.82, 2.24) is 10.2 Å². The summed E-state index contributed by atoms with van der Waals surface area (Å²) in [7, 11) is 0.